The Bertz CT molecular complexity index is 1080. The number of methoxy groups -OCH3 is 2. The molecule has 0 N–H and O–H groups in total. The number of amidine groups is 1. The smallest absolute Gasteiger partial charge is 0.267 e. The van der Waals surface area contributed by atoms with Crippen molar-refractivity contribution in [2.24, 2.45) is 4.99 Å². The number of hydrogen-bond donors (Lipinski definition) is 0. The van der Waals surface area contributed by atoms with E-state index in [0.29, 0.717) is 21.6 Å². The maximum Gasteiger partial charge on any atom is 0.267 e. The van der Waals surface area contributed by atoms with Gasteiger partial charge < -0.3 is 9.47 Å². The van der Waals surface area contributed by atoms with E-state index >= 15 is 0 Å². The molecule has 2 aliphatic rings. The molecule has 4 rings (SSSR count). The minimum atomic E-state index is -0.408. The summed E-state index contributed by atoms with van der Waals surface area (Å²) < 4.78 is 25.9. The fourth-order valence-electron chi connectivity index (χ4n) is 4.01. The number of nitrogens with zero attached hydrogens (tertiary/aromatic N) is 2. The number of carbonyl (C=O) groups is 1. The fraction of sp³-hybridized carbons (Fsp3) is 0.333. The van der Waals surface area contributed by atoms with Crippen molar-refractivity contribution in [2.75, 3.05) is 14.2 Å². The summed E-state index contributed by atoms with van der Waals surface area (Å²) in [5.74, 6) is 0.718. The first-order valence-electron chi connectivity index (χ1n) is 10.5. The molecule has 1 saturated heterocycles. The molecule has 0 spiro atoms. The van der Waals surface area contributed by atoms with E-state index in [0.717, 1.165) is 35.7 Å². The molecular weight excluding hydrogens is 495 g/mol. The lowest BCUT2D eigenvalue weighted by atomic mass is 9.94. The van der Waals surface area contributed by atoms with Gasteiger partial charge >= 0.3 is 0 Å². The molecule has 1 aliphatic carbocycles. The topological polar surface area (TPSA) is 51.1 Å². The SMILES string of the molecule is COc1cc(OC)c(C=C2SC(=Nc3ccccc3F)N(C3CCCCC3)C2=O)cc1Br. The Balaban J connectivity index is 1.75. The molecule has 1 saturated carbocycles. The molecule has 0 atom stereocenters. The van der Waals surface area contributed by atoms with E-state index in [4.69, 9.17) is 9.47 Å². The molecule has 5 nitrogen and oxygen atoms in total. The molecule has 0 radical (unpaired) electrons. The van der Waals surface area contributed by atoms with Crippen LogP contribution in [-0.2, 0) is 4.79 Å². The van der Waals surface area contributed by atoms with Gasteiger partial charge in [0.05, 0.1) is 23.6 Å². The number of aliphatic imine (C=N–C) groups is 1. The first-order chi connectivity index (χ1) is 15.5. The maximum atomic E-state index is 14.3. The van der Waals surface area contributed by atoms with E-state index < -0.39 is 5.82 Å². The van der Waals surface area contributed by atoms with E-state index in [1.807, 2.05) is 6.07 Å². The highest BCUT2D eigenvalue weighted by Gasteiger charge is 2.39. The van der Waals surface area contributed by atoms with Crippen LogP contribution < -0.4 is 9.47 Å². The molecule has 8 heteroatoms. The average Bonchev–Trinajstić information content (AvgIpc) is 3.10. The Morgan fingerprint density at radius 3 is 2.53 bits per heavy atom. The third-order valence-corrected chi connectivity index (χ3v) is 7.24. The summed E-state index contributed by atoms with van der Waals surface area (Å²) >= 11 is 4.77. The van der Waals surface area contributed by atoms with Gasteiger partial charge in [-0.25, -0.2) is 9.38 Å². The van der Waals surface area contributed by atoms with E-state index in [1.54, 1.807) is 49.5 Å². The summed E-state index contributed by atoms with van der Waals surface area (Å²) in [5, 5.41) is 0.518. The fourth-order valence-corrected chi connectivity index (χ4v) is 5.57. The Morgan fingerprint density at radius 1 is 1.12 bits per heavy atom. The van der Waals surface area contributed by atoms with Gasteiger partial charge in [-0.1, -0.05) is 31.4 Å². The van der Waals surface area contributed by atoms with Crippen molar-refractivity contribution in [2.45, 2.75) is 38.1 Å². The average molecular weight is 519 g/mol. The Kier molecular flexibility index (Phi) is 7.20. The first kappa shape index (κ1) is 22.9. The minimum absolute atomic E-state index is 0.0738. The summed E-state index contributed by atoms with van der Waals surface area (Å²) in [6.07, 6.45) is 6.97. The predicted molar refractivity (Wildman–Crippen MR) is 130 cm³/mol. The lowest BCUT2D eigenvalue weighted by Crippen LogP contribution is -2.40. The van der Waals surface area contributed by atoms with Gasteiger partial charge in [0, 0.05) is 17.7 Å². The normalized spacial score (nSPS) is 19.8. The highest BCUT2D eigenvalue weighted by molar-refractivity contribution is 9.10. The minimum Gasteiger partial charge on any atom is -0.496 e. The van der Waals surface area contributed by atoms with Crippen LogP contribution in [0.3, 0.4) is 0 Å². The van der Waals surface area contributed by atoms with Gasteiger partial charge in [-0.05, 0) is 64.8 Å². The molecule has 2 aromatic carbocycles. The number of amides is 1. The number of ether oxygens (including phenoxy) is 2. The van der Waals surface area contributed by atoms with Crippen molar-refractivity contribution in [3.05, 3.63) is 57.2 Å². The molecule has 2 fully saturated rings. The molecule has 1 amide bonds. The molecular formula is C24H24BrFN2O3S. The van der Waals surface area contributed by atoms with Crippen molar-refractivity contribution in [3.8, 4) is 11.5 Å². The monoisotopic (exact) mass is 518 g/mol. The quantitative estimate of drug-likeness (QED) is 0.421. The number of hydrogen-bond acceptors (Lipinski definition) is 5. The van der Waals surface area contributed by atoms with E-state index in [-0.39, 0.29) is 17.6 Å². The molecule has 0 unspecified atom stereocenters. The molecule has 0 aromatic heterocycles. The number of para-hydroxylation sites is 1. The van der Waals surface area contributed by atoms with Crippen LogP contribution in [0, 0.1) is 5.82 Å². The lowest BCUT2D eigenvalue weighted by Gasteiger charge is -2.30. The third kappa shape index (κ3) is 4.71. The van der Waals surface area contributed by atoms with E-state index in [2.05, 4.69) is 20.9 Å². The van der Waals surface area contributed by atoms with Crippen LogP contribution in [0.15, 0.2) is 50.8 Å². The second-order valence-electron chi connectivity index (χ2n) is 7.65. The van der Waals surface area contributed by atoms with Crippen LogP contribution in [0.2, 0.25) is 0 Å². The zero-order valence-corrected chi connectivity index (χ0v) is 20.3. The van der Waals surface area contributed by atoms with Crippen molar-refractivity contribution in [1.82, 2.24) is 4.90 Å². The number of rotatable bonds is 5. The van der Waals surface area contributed by atoms with Gasteiger partial charge in [0.2, 0.25) is 0 Å². The van der Waals surface area contributed by atoms with Gasteiger partial charge in [-0.15, -0.1) is 0 Å². The second-order valence-corrected chi connectivity index (χ2v) is 9.52. The van der Waals surface area contributed by atoms with Crippen molar-refractivity contribution in [3.63, 3.8) is 0 Å². The van der Waals surface area contributed by atoms with Crippen LogP contribution in [0.5, 0.6) is 11.5 Å². The van der Waals surface area contributed by atoms with Gasteiger partial charge in [-0.3, -0.25) is 9.69 Å². The number of benzene rings is 2. The molecule has 32 heavy (non-hydrogen) atoms. The summed E-state index contributed by atoms with van der Waals surface area (Å²) in [7, 11) is 3.16. The zero-order chi connectivity index (χ0) is 22.7. The summed E-state index contributed by atoms with van der Waals surface area (Å²) in [5.41, 5.74) is 0.974. The summed E-state index contributed by atoms with van der Waals surface area (Å²) in [6, 6.07) is 10.1. The second kappa shape index (κ2) is 10.1. The van der Waals surface area contributed by atoms with Crippen LogP contribution >= 0.6 is 27.7 Å². The number of thioether (sulfide) groups is 1. The molecule has 168 valence electrons. The standard InChI is InChI=1S/C24H24BrFN2O3S/c1-30-20-14-21(31-2)17(25)12-15(20)13-22-23(29)28(16-8-4-3-5-9-16)24(32-22)27-19-11-7-6-10-18(19)26/h6-7,10-14,16H,3-5,8-9H2,1-2H3. The first-order valence-corrected chi connectivity index (χ1v) is 12.1. The van der Waals surface area contributed by atoms with Crippen LogP contribution in [0.1, 0.15) is 37.7 Å². The van der Waals surface area contributed by atoms with E-state index in [9.17, 15) is 9.18 Å². The summed E-state index contributed by atoms with van der Waals surface area (Å²) in [6.45, 7) is 0. The molecule has 1 heterocycles. The number of carbonyl (C=O) groups excluding carboxylic acids is 1. The molecule has 2 aromatic rings. The van der Waals surface area contributed by atoms with Crippen molar-refractivity contribution < 1.29 is 18.7 Å². The highest BCUT2D eigenvalue weighted by atomic mass is 79.9. The van der Waals surface area contributed by atoms with Crippen molar-refractivity contribution in [1.29, 1.82) is 0 Å². The highest BCUT2D eigenvalue weighted by Crippen LogP contribution is 2.41. The van der Waals surface area contributed by atoms with Gasteiger partial charge in [-0.2, -0.15) is 0 Å². The Morgan fingerprint density at radius 2 is 1.84 bits per heavy atom. The predicted octanol–water partition coefficient (Wildman–Crippen LogP) is 6.54. The maximum absolute atomic E-state index is 14.3. The van der Waals surface area contributed by atoms with Gasteiger partial charge in [0.15, 0.2) is 5.17 Å². The lowest BCUT2D eigenvalue weighted by molar-refractivity contribution is -0.124. The van der Waals surface area contributed by atoms with Crippen LogP contribution in [0.25, 0.3) is 6.08 Å². The summed E-state index contributed by atoms with van der Waals surface area (Å²) in [4.78, 5) is 20.3. The van der Waals surface area contributed by atoms with Crippen LogP contribution in [-0.4, -0.2) is 36.2 Å². The Labute approximate surface area is 199 Å². The Hall–Kier alpha value is -2.32. The van der Waals surface area contributed by atoms with Crippen molar-refractivity contribution >= 4 is 50.5 Å². The van der Waals surface area contributed by atoms with Crippen LogP contribution in [0.4, 0.5) is 10.1 Å². The largest absolute Gasteiger partial charge is 0.496 e. The molecule has 0 bridgehead atoms. The van der Waals surface area contributed by atoms with Gasteiger partial charge in [0.1, 0.15) is 23.0 Å². The molecule has 1 aliphatic heterocycles. The zero-order valence-electron chi connectivity index (χ0n) is 17.9. The third-order valence-electron chi connectivity index (χ3n) is 5.64. The van der Waals surface area contributed by atoms with Gasteiger partial charge in [0.25, 0.3) is 5.91 Å². The van der Waals surface area contributed by atoms with E-state index in [1.165, 1.54) is 24.2 Å². The number of halogens is 2.